The van der Waals surface area contributed by atoms with Crippen LogP contribution in [0.3, 0.4) is 0 Å². The van der Waals surface area contributed by atoms with E-state index >= 15 is 0 Å². The number of carbonyl (C=O) groups is 1. The van der Waals surface area contributed by atoms with E-state index in [-0.39, 0.29) is 11.3 Å². The quantitative estimate of drug-likeness (QED) is 0.916. The van der Waals surface area contributed by atoms with Crippen molar-refractivity contribution in [3.05, 3.63) is 29.3 Å². The summed E-state index contributed by atoms with van der Waals surface area (Å²) in [7, 11) is 0. The van der Waals surface area contributed by atoms with E-state index in [1.54, 1.807) is 0 Å². The van der Waals surface area contributed by atoms with Crippen molar-refractivity contribution >= 4 is 11.6 Å². The van der Waals surface area contributed by atoms with Crippen molar-refractivity contribution in [3.8, 4) is 0 Å². The number of rotatable bonds is 3. The minimum atomic E-state index is -0.275. The first-order valence-electron chi connectivity index (χ1n) is 7.44. The van der Waals surface area contributed by atoms with E-state index in [1.165, 1.54) is 11.1 Å². The van der Waals surface area contributed by atoms with Crippen LogP contribution in [0.1, 0.15) is 38.3 Å². The van der Waals surface area contributed by atoms with Gasteiger partial charge in [-0.25, -0.2) is 0 Å². The number of aryl methyl sites for hydroxylation is 2. The van der Waals surface area contributed by atoms with Gasteiger partial charge < -0.3 is 5.32 Å². The van der Waals surface area contributed by atoms with Gasteiger partial charge in [-0.2, -0.15) is 0 Å². The Morgan fingerprint density at radius 1 is 1.30 bits per heavy atom. The number of anilines is 1. The Labute approximate surface area is 122 Å². The summed E-state index contributed by atoms with van der Waals surface area (Å²) in [5.74, 6) is 0.143. The molecule has 3 heteroatoms. The molecule has 1 heterocycles. The number of amides is 1. The summed E-state index contributed by atoms with van der Waals surface area (Å²) in [4.78, 5) is 14.9. The highest BCUT2D eigenvalue weighted by atomic mass is 16.2. The van der Waals surface area contributed by atoms with Gasteiger partial charge in [0.15, 0.2) is 0 Å². The van der Waals surface area contributed by atoms with Gasteiger partial charge in [-0.1, -0.05) is 6.07 Å². The molecule has 110 valence electrons. The van der Waals surface area contributed by atoms with Crippen molar-refractivity contribution in [3.63, 3.8) is 0 Å². The molecule has 0 saturated carbocycles. The zero-order valence-corrected chi connectivity index (χ0v) is 13.3. The number of benzene rings is 1. The van der Waals surface area contributed by atoms with Gasteiger partial charge in [0.2, 0.25) is 5.91 Å². The highest BCUT2D eigenvalue weighted by Gasteiger charge is 2.40. The lowest BCUT2D eigenvalue weighted by molar-refractivity contribution is -0.124. The summed E-state index contributed by atoms with van der Waals surface area (Å²) in [6.45, 7) is 12.5. The summed E-state index contributed by atoms with van der Waals surface area (Å²) in [5, 5.41) is 3.09. The monoisotopic (exact) mass is 274 g/mol. The maximum Gasteiger partial charge on any atom is 0.231 e. The summed E-state index contributed by atoms with van der Waals surface area (Å²) < 4.78 is 0. The lowest BCUT2D eigenvalue weighted by Crippen LogP contribution is -2.38. The van der Waals surface area contributed by atoms with Crippen LogP contribution in [0.5, 0.6) is 0 Å². The predicted octanol–water partition coefficient (Wildman–Crippen LogP) is 3.36. The molecule has 1 aromatic rings. The molecular weight excluding hydrogens is 248 g/mol. The Morgan fingerprint density at radius 2 is 2.00 bits per heavy atom. The van der Waals surface area contributed by atoms with Crippen molar-refractivity contribution in [2.24, 2.45) is 5.41 Å². The van der Waals surface area contributed by atoms with Crippen molar-refractivity contribution < 1.29 is 4.79 Å². The first-order valence-corrected chi connectivity index (χ1v) is 7.44. The number of nitrogens with zero attached hydrogens (tertiary/aromatic N) is 1. The highest BCUT2D eigenvalue weighted by molar-refractivity contribution is 5.95. The van der Waals surface area contributed by atoms with E-state index in [2.05, 4.69) is 50.9 Å². The fraction of sp³-hybridized carbons (Fsp3) is 0.588. The Kier molecular flexibility index (Phi) is 4.19. The molecule has 1 fully saturated rings. The van der Waals surface area contributed by atoms with Gasteiger partial charge in [0.05, 0.1) is 5.41 Å². The van der Waals surface area contributed by atoms with Crippen LogP contribution < -0.4 is 5.32 Å². The van der Waals surface area contributed by atoms with E-state index < -0.39 is 0 Å². The van der Waals surface area contributed by atoms with E-state index in [4.69, 9.17) is 0 Å². The van der Waals surface area contributed by atoms with Gasteiger partial charge in [-0.05, 0) is 70.8 Å². The number of hydrogen-bond donors (Lipinski definition) is 1. The van der Waals surface area contributed by atoms with Gasteiger partial charge in [-0.15, -0.1) is 0 Å². The van der Waals surface area contributed by atoms with Crippen LogP contribution in [0.4, 0.5) is 5.69 Å². The number of nitrogens with one attached hydrogen (secondary N) is 1. The summed E-state index contributed by atoms with van der Waals surface area (Å²) >= 11 is 0. The summed E-state index contributed by atoms with van der Waals surface area (Å²) in [6.07, 6.45) is 0.932. The Balaban J connectivity index is 2.06. The maximum absolute atomic E-state index is 12.6. The van der Waals surface area contributed by atoms with Crippen molar-refractivity contribution in [1.29, 1.82) is 0 Å². The molecule has 20 heavy (non-hydrogen) atoms. The van der Waals surface area contributed by atoms with Crippen LogP contribution in [-0.2, 0) is 4.79 Å². The maximum atomic E-state index is 12.6. The van der Waals surface area contributed by atoms with Gasteiger partial charge in [0.25, 0.3) is 0 Å². The number of hydrogen-bond acceptors (Lipinski definition) is 2. The van der Waals surface area contributed by atoms with Gasteiger partial charge in [-0.3, -0.25) is 9.69 Å². The lowest BCUT2D eigenvalue weighted by atomic mass is 9.88. The standard InChI is InChI=1S/C17H26N2O/c1-12(2)19-9-8-17(5,11-19)16(20)18-15-7-6-13(3)14(4)10-15/h6-7,10,12H,8-9,11H2,1-5H3,(H,18,20). The first kappa shape index (κ1) is 15.0. The van der Waals surface area contributed by atoms with E-state index in [0.29, 0.717) is 6.04 Å². The second kappa shape index (κ2) is 5.57. The van der Waals surface area contributed by atoms with E-state index in [0.717, 1.165) is 25.2 Å². The van der Waals surface area contributed by atoms with E-state index in [1.807, 2.05) is 12.1 Å². The van der Waals surface area contributed by atoms with Crippen molar-refractivity contribution in [2.75, 3.05) is 18.4 Å². The van der Waals surface area contributed by atoms with Gasteiger partial charge >= 0.3 is 0 Å². The van der Waals surface area contributed by atoms with Gasteiger partial charge in [0, 0.05) is 18.3 Å². The van der Waals surface area contributed by atoms with Crippen LogP contribution in [-0.4, -0.2) is 29.9 Å². The van der Waals surface area contributed by atoms with Crippen LogP contribution in [0, 0.1) is 19.3 Å². The average molecular weight is 274 g/mol. The third-order valence-corrected chi connectivity index (χ3v) is 4.55. The van der Waals surface area contributed by atoms with Crippen LogP contribution in [0.15, 0.2) is 18.2 Å². The van der Waals surface area contributed by atoms with Crippen molar-refractivity contribution in [2.45, 2.75) is 47.1 Å². The Morgan fingerprint density at radius 3 is 2.55 bits per heavy atom. The van der Waals surface area contributed by atoms with Gasteiger partial charge in [0.1, 0.15) is 0 Å². The molecule has 0 spiro atoms. The fourth-order valence-corrected chi connectivity index (χ4v) is 2.72. The first-order chi connectivity index (χ1) is 9.32. The summed E-state index contributed by atoms with van der Waals surface area (Å²) in [5.41, 5.74) is 3.09. The molecule has 0 bridgehead atoms. The lowest BCUT2D eigenvalue weighted by Gasteiger charge is -2.25. The number of likely N-dealkylation sites (tertiary alicyclic amines) is 1. The molecule has 1 unspecified atom stereocenters. The molecule has 1 amide bonds. The van der Waals surface area contributed by atoms with Crippen LogP contribution in [0.2, 0.25) is 0 Å². The molecular formula is C17H26N2O. The SMILES string of the molecule is Cc1ccc(NC(=O)C2(C)CCN(C(C)C)C2)cc1C. The molecule has 3 nitrogen and oxygen atoms in total. The zero-order chi connectivity index (χ0) is 14.9. The molecule has 1 aromatic carbocycles. The third kappa shape index (κ3) is 3.04. The molecule has 1 saturated heterocycles. The van der Waals surface area contributed by atoms with Crippen molar-refractivity contribution in [1.82, 2.24) is 4.90 Å². The zero-order valence-electron chi connectivity index (χ0n) is 13.3. The van der Waals surface area contributed by atoms with Crippen LogP contribution >= 0.6 is 0 Å². The highest BCUT2D eigenvalue weighted by Crippen LogP contribution is 2.32. The average Bonchev–Trinajstić information content (AvgIpc) is 2.78. The molecule has 1 aliphatic rings. The summed E-state index contributed by atoms with van der Waals surface area (Å²) in [6, 6.07) is 6.60. The molecule has 1 atom stereocenters. The third-order valence-electron chi connectivity index (χ3n) is 4.55. The molecule has 1 N–H and O–H groups in total. The molecule has 0 aromatic heterocycles. The minimum absolute atomic E-state index is 0.143. The molecule has 0 radical (unpaired) electrons. The molecule has 0 aliphatic carbocycles. The topological polar surface area (TPSA) is 32.3 Å². The second-order valence-electron chi connectivity index (χ2n) is 6.63. The van der Waals surface area contributed by atoms with Crippen LogP contribution in [0.25, 0.3) is 0 Å². The second-order valence-corrected chi connectivity index (χ2v) is 6.63. The molecule has 1 aliphatic heterocycles. The predicted molar refractivity (Wildman–Crippen MR) is 84.0 cm³/mol. The smallest absolute Gasteiger partial charge is 0.231 e. The minimum Gasteiger partial charge on any atom is -0.326 e. The molecule has 2 rings (SSSR count). The number of carbonyl (C=O) groups excluding carboxylic acids is 1. The Hall–Kier alpha value is -1.35. The largest absolute Gasteiger partial charge is 0.326 e. The Bertz CT molecular complexity index is 510. The fourth-order valence-electron chi connectivity index (χ4n) is 2.72. The van der Waals surface area contributed by atoms with E-state index in [9.17, 15) is 4.79 Å². The normalized spacial score (nSPS) is 23.3.